The molecular formula is C20H24F2N4O4S. The Morgan fingerprint density at radius 3 is 2.58 bits per heavy atom. The van der Waals surface area contributed by atoms with E-state index in [0.29, 0.717) is 5.75 Å². The highest BCUT2D eigenvalue weighted by Crippen LogP contribution is 2.59. The molecule has 5 N–H and O–H groups in total. The van der Waals surface area contributed by atoms with E-state index in [1.165, 1.54) is 45.4 Å². The summed E-state index contributed by atoms with van der Waals surface area (Å²) in [6, 6.07) is 6.55. The Balaban J connectivity index is 1.98. The van der Waals surface area contributed by atoms with Crippen LogP contribution in [0.1, 0.15) is 29.9 Å². The molecule has 0 saturated heterocycles. The van der Waals surface area contributed by atoms with Gasteiger partial charge in [-0.1, -0.05) is 0 Å². The monoisotopic (exact) mass is 454 g/mol. The third kappa shape index (κ3) is 4.08. The summed E-state index contributed by atoms with van der Waals surface area (Å²) in [5.74, 6) is -1.65. The van der Waals surface area contributed by atoms with Crippen molar-refractivity contribution in [3.05, 3.63) is 53.6 Å². The van der Waals surface area contributed by atoms with E-state index in [1.54, 1.807) is 6.07 Å². The van der Waals surface area contributed by atoms with E-state index in [2.05, 4.69) is 15.3 Å². The van der Waals surface area contributed by atoms with Gasteiger partial charge >= 0.3 is 0 Å². The number of amides is 1. The van der Waals surface area contributed by atoms with Gasteiger partial charge in [-0.3, -0.25) is 18.9 Å². The third-order valence-electron chi connectivity index (χ3n) is 5.36. The van der Waals surface area contributed by atoms with Crippen LogP contribution in [0, 0.1) is 5.82 Å². The number of carbonyl (C=O) groups excluding carboxylic acids is 1. The first-order chi connectivity index (χ1) is 14.5. The van der Waals surface area contributed by atoms with Crippen molar-refractivity contribution >= 4 is 28.0 Å². The fourth-order valence-electron chi connectivity index (χ4n) is 3.15. The van der Waals surface area contributed by atoms with Crippen molar-refractivity contribution in [3.8, 4) is 5.75 Å². The predicted molar refractivity (Wildman–Crippen MR) is 116 cm³/mol. The van der Waals surface area contributed by atoms with Crippen LogP contribution in [-0.2, 0) is 5.54 Å². The second kappa shape index (κ2) is 8.06. The summed E-state index contributed by atoms with van der Waals surface area (Å²) < 4.78 is 53.9. The van der Waals surface area contributed by atoms with E-state index in [9.17, 15) is 22.7 Å². The van der Waals surface area contributed by atoms with Gasteiger partial charge in [-0.2, -0.15) is 10.6 Å². The summed E-state index contributed by atoms with van der Waals surface area (Å²) in [5.41, 5.74) is 3.99. The number of aliphatic imine (C=N–C) groups is 1. The van der Waals surface area contributed by atoms with Crippen LogP contribution in [0.15, 0.2) is 41.5 Å². The minimum absolute atomic E-state index is 0.0859. The quantitative estimate of drug-likeness (QED) is 0.547. The number of pyridine rings is 1. The van der Waals surface area contributed by atoms with Gasteiger partial charge in [-0.05, 0) is 44.2 Å². The lowest BCUT2D eigenvalue weighted by Crippen LogP contribution is -2.53. The molecule has 1 aliphatic rings. The molecule has 0 bridgehead atoms. The van der Waals surface area contributed by atoms with Gasteiger partial charge in [0, 0.05) is 11.3 Å². The topological polar surface area (TPSA) is 130 Å². The second-order valence-corrected chi connectivity index (χ2v) is 10.4. The fourth-order valence-corrected chi connectivity index (χ4v) is 4.85. The maximum Gasteiger partial charge on any atom is 0.274 e. The van der Waals surface area contributed by atoms with Gasteiger partial charge in [0.2, 0.25) is 0 Å². The SMILES string of the molecule is COc1ccc(C(=O)Nc2ccc(F)c([C@]3(CF)CS(O)(O)C(C)(C)C(N)=N3)c2)nc1. The number of amidine groups is 1. The van der Waals surface area contributed by atoms with Crippen LogP contribution in [-0.4, -0.2) is 50.1 Å². The van der Waals surface area contributed by atoms with Gasteiger partial charge in [0.05, 0.1) is 19.1 Å². The van der Waals surface area contributed by atoms with Gasteiger partial charge in [0.15, 0.2) is 0 Å². The number of alkyl halides is 1. The second-order valence-electron chi connectivity index (χ2n) is 7.72. The number of anilines is 1. The number of nitrogens with two attached hydrogens (primary N) is 1. The molecule has 168 valence electrons. The number of hydrogen-bond donors (Lipinski definition) is 4. The van der Waals surface area contributed by atoms with Crippen LogP contribution < -0.4 is 15.8 Å². The van der Waals surface area contributed by atoms with Crippen LogP contribution in [0.25, 0.3) is 0 Å². The number of halogens is 2. The van der Waals surface area contributed by atoms with Crippen molar-refractivity contribution in [3.63, 3.8) is 0 Å². The lowest BCUT2D eigenvalue weighted by atomic mass is 9.92. The van der Waals surface area contributed by atoms with Gasteiger partial charge in [0.1, 0.15) is 40.1 Å². The molecule has 1 amide bonds. The molecule has 0 spiro atoms. The molecule has 0 unspecified atom stereocenters. The smallest absolute Gasteiger partial charge is 0.274 e. The van der Waals surface area contributed by atoms with Crippen molar-refractivity contribution in [1.82, 2.24) is 4.98 Å². The Hall–Kier alpha value is -2.76. The number of nitrogens with zero attached hydrogens (tertiary/aromatic N) is 2. The molecule has 1 aliphatic heterocycles. The van der Waals surface area contributed by atoms with E-state index in [0.717, 1.165) is 6.07 Å². The average molecular weight is 454 g/mol. The van der Waals surface area contributed by atoms with Crippen LogP contribution in [0.3, 0.4) is 0 Å². The maximum atomic E-state index is 14.7. The number of aromatic nitrogens is 1. The van der Waals surface area contributed by atoms with E-state index in [-0.39, 0.29) is 22.8 Å². The molecular weight excluding hydrogens is 430 g/mol. The van der Waals surface area contributed by atoms with Crippen LogP contribution in [0.4, 0.5) is 14.5 Å². The zero-order chi connectivity index (χ0) is 23.0. The molecule has 0 aliphatic carbocycles. The minimum Gasteiger partial charge on any atom is -0.495 e. The minimum atomic E-state index is -3.45. The van der Waals surface area contributed by atoms with Gasteiger partial charge in [-0.15, -0.1) is 0 Å². The molecule has 31 heavy (non-hydrogen) atoms. The lowest BCUT2D eigenvalue weighted by molar-refractivity contribution is 0.102. The van der Waals surface area contributed by atoms with E-state index < -0.39 is 45.0 Å². The molecule has 1 atom stereocenters. The first kappa shape index (κ1) is 22.9. The van der Waals surface area contributed by atoms with Gasteiger partial charge in [0.25, 0.3) is 5.91 Å². The molecule has 3 rings (SSSR count). The average Bonchev–Trinajstić information content (AvgIpc) is 2.73. The number of ether oxygens (including phenoxy) is 1. The molecule has 0 fully saturated rings. The Bertz CT molecular complexity index is 1030. The summed E-state index contributed by atoms with van der Waals surface area (Å²) in [7, 11) is -1.99. The molecule has 11 heteroatoms. The Morgan fingerprint density at radius 1 is 1.32 bits per heavy atom. The molecule has 2 heterocycles. The first-order valence-corrected chi connectivity index (χ1v) is 11.0. The van der Waals surface area contributed by atoms with Crippen molar-refractivity contribution in [1.29, 1.82) is 0 Å². The first-order valence-electron chi connectivity index (χ1n) is 9.24. The van der Waals surface area contributed by atoms with E-state index in [4.69, 9.17) is 10.5 Å². The number of benzene rings is 1. The summed E-state index contributed by atoms with van der Waals surface area (Å²) >= 11 is 0. The predicted octanol–water partition coefficient (Wildman–Crippen LogP) is 3.55. The van der Waals surface area contributed by atoms with Crippen molar-refractivity contribution in [2.75, 3.05) is 24.9 Å². The van der Waals surface area contributed by atoms with Crippen LogP contribution in [0.5, 0.6) is 5.75 Å². The number of rotatable bonds is 5. The number of hydrogen-bond acceptors (Lipinski definition) is 7. The van der Waals surface area contributed by atoms with Gasteiger partial charge in [-0.25, -0.2) is 13.8 Å². The Morgan fingerprint density at radius 2 is 2.03 bits per heavy atom. The normalized spacial score (nSPS) is 22.9. The standard InChI is InChI=1S/C20H24F2N4O4S/c1-19(2)18(23)26-20(10-21,11-31(19,28)29)14-8-12(4-6-15(14)22)25-17(27)16-7-5-13(30-3)9-24-16/h4-9,28-29H,10-11H2,1-3H3,(H2,23,26)(H,25,27)/t20-/m0/s1. The summed E-state index contributed by atoms with van der Waals surface area (Å²) in [5, 5.41) is 2.56. The molecule has 2 aromatic rings. The van der Waals surface area contributed by atoms with Gasteiger partial charge < -0.3 is 15.8 Å². The highest BCUT2D eigenvalue weighted by atomic mass is 32.3. The third-order valence-corrected chi connectivity index (χ3v) is 8.08. The van der Waals surface area contributed by atoms with Crippen LogP contribution in [0.2, 0.25) is 0 Å². The van der Waals surface area contributed by atoms with Crippen molar-refractivity contribution in [2.24, 2.45) is 10.7 Å². The lowest BCUT2D eigenvalue weighted by Gasteiger charge is -2.53. The largest absolute Gasteiger partial charge is 0.495 e. The highest BCUT2D eigenvalue weighted by molar-refractivity contribution is 8.26. The fraction of sp³-hybridized carbons (Fsp3) is 0.350. The van der Waals surface area contributed by atoms with E-state index in [1.807, 2.05) is 0 Å². The zero-order valence-corrected chi connectivity index (χ0v) is 18.0. The molecule has 1 aromatic carbocycles. The zero-order valence-electron chi connectivity index (χ0n) is 17.2. The Labute approximate surface area is 179 Å². The van der Waals surface area contributed by atoms with E-state index >= 15 is 0 Å². The summed E-state index contributed by atoms with van der Waals surface area (Å²) in [4.78, 5) is 20.6. The molecule has 0 saturated carbocycles. The summed E-state index contributed by atoms with van der Waals surface area (Å²) in [6.45, 7) is 1.75. The van der Waals surface area contributed by atoms with Crippen LogP contribution >= 0.6 is 10.6 Å². The highest BCUT2D eigenvalue weighted by Gasteiger charge is 2.51. The maximum absolute atomic E-state index is 14.7. The number of methoxy groups -OCH3 is 1. The van der Waals surface area contributed by atoms with Crippen molar-refractivity contribution in [2.45, 2.75) is 24.1 Å². The molecule has 1 aromatic heterocycles. The molecule has 0 radical (unpaired) electrons. The summed E-state index contributed by atoms with van der Waals surface area (Å²) in [6.07, 6.45) is 1.37. The Kier molecular flexibility index (Phi) is 5.96. The number of carbonyl (C=O) groups is 1. The van der Waals surface area contributed by atoms with Crippen molar-refractivity contribution < 1.29 is 27.4 Å². The molecule has 8 nitrogen and oxygen atoms in total. The number of nitrogens with one attached hydrogen (secondary N) is 1.